The number of aryl methyl sites for hydroxylation is 1. The van der Waals surface area contributed by atoms with Gasteiger partial charge in [0.25, 0.3) is 0 Å². The van der Waals surface area contributed by atoms with E-state index in [2.05, 4.69) is 6.07 Å². The van der Waals surface area contributed by atoms with Crippen LogP contribution in [0, 0.1) is 18.3 Å². The second-order valence-electron chi connectivity index (χ2n) is 3.16. The molecule has 0 saturated carbocycles. The van der Waals surface area contributed by atoms with Gasteiger partial charge in [0.15, 0.2) is 0 Å². The van der Waals surface area contributed by atoms with Crippen molar-refractivity contribution in [1.82, 2.24) is 4.90 Å². The highest BCUT2D eigenvalue weighted by Crippen LogP contribution is 2.06. The van der Waals surface area contributed by atoms with Crippen LogP contribution in [0.1, 0.15) is 11.5 Å². The van der Waals surface area contributed by atoms with Crippen molar-refractivity contribution < 1.29 is 4.42 Å². The molecular weight excluding hydrogens is 164 g/mol. The molecule has 0 fully saturated rings. The van der Waals surface area contributed by atoms with Crippen LogP contribution in [-0.4, -0.2) is 25.0 Å². The molecule has 3 nitrogen and oxygen atoms in total. The van der Waals surface area contributed by atoms with Gasteiger partial charge in [-0.25, -0.2) is 0 Å². The normalized spacial score (nSPS) is 10.3. The third-order valence-electron chi connectivity index (χ3n) is 1.88. The van der Waals surface area contributed by atoms with E-state index in [9.17, 15) is 0 Å². The van der Waals surface area contributed by atoms with E-state index >= 15 is 0 Å². The zero-order valence-electron chi connectivity index (χ0n) is 8.08. The number of nitrogens with zero attached hydrogens (tertiary/aromatic N) is 2. The fraction of sp³-hybridized carbons (Fsp3) is 0.500. The van der Waals surface area contributed by atoms with Gasteiger partial charge in [0, 0.05) is 13.0 Å². The topological polar surface area (TPSA) is 40.2 Å². The first-order chi connectivity index (χ1) is 6.22. The molecule has 0 aliphatic rings. The minimum Gasteiger partial charge on any atom is -0.466 e. The van der Waals surface area contributed by atoms with Crippen LogP contribution in [0.5, 0.6) is 0 Å². The van der Waals surface area contributed by atoms with Crippen molar-refractivity contribution in [2.75, 3.05) is 20.1 Å². The SMILES string of the molecule is Cc1ccc(CCN(C)CC#N)o1. The number of likely N-dealkylation sites (N-methyl/N-ethyl adjacent to an activating group) is 1. The predicted molar refractivity (Wildman–Crippen MR) is 50.3 cm³/mol. The van der Waals surface area contributed by atoms with Crippen molar-refractivity contribution in [2.45, 2.75) is 13.3 Å². The van der Waals surface area contributed by atoms with Crippen LogP contribution in [0.2, 0.25) is 0 Å². The average molecular weight is 178 g/mol. The van der Waals surface area contributed by atoms with Crippen molar-refractivity contribution in [3.8, 4) is 6.07 Å². The molecule has 0 N–H and O–H groups in total. The molecule has 0 spiro atoms. The first-order valence-electron chi connectivity index (χ1n) is 4.33. The van der Waals surface area contributed by atoms with Crippen LogP contribution in [0.15, 0.2) is 16.5 Å². The third kappa shape index (κ3) is 3.30. The van der Waals surface area contributed by atoms with E-state index in [1.165, 1.54) is 0 Å². The molecule has 1 aromatic rings. The second-order valence-corrected chi connectivity index (χ2v) is 3.16. The molecule has 3 heteroatoms. The maximum atomic E-state index is 8.42. The van der Waals surface area contributed by atoms with Crippen LogP contribution >= 0.6 is 0 Å². The van der Waals surface area contributed by atoms with Gasteiger partial charge in [-0.15, -0.1) is 0 Å². The van der Waals surface area contributed by atoms with Gasteiger partial charge in [-0.3, -0.25) is 4.90 Å². The Morgan fingerprint density at radius 1 is 1.54 bits per heavy atom. The Hall–Kier alpha value is -1.27. The Morgan fingerprint density at radius 3 is 2.85 bits per heavy atom. The molecule has 0 unspecified atom stereocenters. The number of rotatable bonds is 4. The summed E-state index contributed by atoms with van der Waals surface area (Å²) in [6, 6.07) is 6.04. The number of furan rings is 1. The van der Waals surface area contributed by atoms with Crippen LogP contribution < -0.4 is 0 Å². The zero-order chi connectivity index (χ0) is 9.68. The standard InChI is InChI=1S/C10H14N2O/c1-9-3-4-10(13-9)5-7-12(2)8-6-11/h3-4H,5,7-8H2,1-2H3. The van der Waals surface area contributed by atoms with Crippen molar-refractivity contribution in [3.63, 3.8) is 0 Å². The summed E-state index contributed by atoms with van der Waals surface area (Å²) in [7, 11) is 1.93. The highest BCUT2D eigenvalue weighted by Gasteiger charge is 2.01. The predicted octanol–water partition coefficient (Wildman–Crippen LogP) is 1.59. The fourth-order valence-electron chi connectivity index (χ4n) is 1.12. The maximum Gasteiger partial charge on any atom is 0.105 e. The van der Waals surface area contributed by atoms with E-state index in [1.807, 2.05) is 31.0 Å². The van der Waals surface area contributed by atoms with Crippen molar-refractivity contribution in [2.24, 2.45) is 0 Å². The largest absolute Gasteiger partial charge is 0.466 e. The van der Waals surface area contributed by atoms with Crippen LogP contribution in [0.25, 0.3) is 0 Å². The molecule has 0 bridgehead atoms. The summed E-state index contributed by atoms with van der Waals surface area (Å²) in [6.07, 6.45) is 0.867. The molecule has 0 aliphatic heterocycles. The summed E-state index contributed by atoms with van der Waals surface area (Å²) in [5, 5.41) is 8.42. The van der Waals surface area contributed by atoms with Gasteiger partial charge in [0.05, 0.1) is 12.6 Å². The lowest BCUT2D eigenvalue weighted by molar-refractivity contribution is 0.359. The van der Waals surface area contributed by atoms with E-state index < -0.39 is 0 Å². The Bertz CT molecular complexity index is 298. The molecular formula is C10H14N2O. The molecule has 0 radical (unpaired) electrons. The average Bonchev–Trinajstić information content (AvgIpc) is 2.49. The van der Waals surface area contributed by atoms with Gasteiger partial charge in [0.1, 0.15) is 11.5 Å². The van der Waals surface area contributed by atoms with Crippen LogP contribution in [0.3, 0.4) is 0 Å². The Balaban J connectivity index is 2.31. The Kier molecular flexibility index (Phi) is 3.53. The number of hydrogen-bond donors (Lipinski definition) is 0. The highest BCUT2D eigenvalue weighted by molar-refractivity contribution is 5.05. The molecule has 0 amide bonds. The summed E-state index contributed by atoms with van der Waals surface area (Å²) in [5.74, 6) is 1.93. The fourth-order valence-corrected chi connectivity index (χ4v) is 1.12. The van der Waals surface area contributed by atoms with Gasteiger partial charge in [-0.2, -0.15) is 5.26 Å². The smallest absolute Gasteiger partial charge is 0.105 e. The summed E-state index contributed by atoms with van der Waals surface area (Å²) in [4.78, 5) is 1.97. The van der Waals surface area contributed by atoms with Gasteiger partial charge in [-0.1, -0.05) is 0 Å². The summed E-state index contributed by atoms with van der Waals surface area (Å²) in [6.45, 7) is 3.27. The molecule has 0 saturated heterocycles. The van der Waals surface area contributed by atoms with Gasteiger partial charge >= 0.3 is 0 Å². The lowest BCUT2D eigenvalue weighted by Gasteiger charge is -2.10. The minimum atomic E-state index is 0.472. The molecule has 0 aromatic carbocycles. The van der Waals surface area contributed by atoms with Gasteiger partial charge in [0.2, 0.25) is 0 Å². The van der Waals surface area contributed by atoms with Crippen LogP contribution in [0.4, 0.5) is 0 Å². The molecule has 70 valence electrons. The summed E-state index contributed by atoms with van der Waals surface area (Å²) < 4.78 is 5.40. The lowest BCUT2D eigenvalue weighted by Crippen LogP contribution is -2.21. The molecule has 1 rings (SSSR count). The Labute approximate surface area is 78.6 Å². The highest BCUT2D eigenvalue weighted by atomic mass is 16.3. The first kappa shape index (κ1) is 9.82. The van der Waals surface area contributed by atoms with Crippen molar-refractivity contribution in [1.29, 1.82) is 5.26 Å². The molecule has 1 heterocycles. The third-order valence-corrected chi connectivity index (χ3v) is 1.88. The first-order valence-corrected chi connectivity index (χ1v) is 4.33. The number of nitriles is 1. The van der Waals surface area contributed by atoms with E-state index in [4.69, 9.17) is 9.68 Å². The van der Waals surface area contributed by atoms with E-state index in [1.54, 1.807) is 0 Å². The summed E-state index contributed by atoms with van der Waals surface area (Å²) >= 11 is 0. The van der Waals surface area contributed by atoms with E-state index in [-0.39, 0.29) is 0 Å². The minimum absolute atomic E-state index is 0.472. The molecule has 0 atom stereocenters. The summed E-state index contributed by atoms with van der Waals surface area (Å²) in [5.41, 5.74) is 0. The number of hydrogen-bond acceptors (Lipinski definition) is 3. The van der Waals surface area contributed by atoms with Crippen molar-refractivity contribution >= 4 is 0 Å². The van der Waals surface area contributed by atoms with Crippen molar-refractivity contribution in [3.05, 3.63) is 23.7 Å². The molecule has 13 heavy (non-hydrogen) atoms. The zero-order valence-corrected chi connectivity index (χ0v) is 8.08. The monoisotopic (exact) mass is 178 g/mol. The molecule has 1 aromatic heterocycles. The van der Waals surface area contributed by atoms with E-state index in [0.29, 0.717) is 6.54 Å². The van der Waals surface area contributed by atoms with E-state index in [0.717, 1.165) is 24.5 Å². The second kappa shape index (κ2) is 4.68. The lowest BCUT2D eigenvalue weighted by atomic mass is 10.3. The van der Waals surface area contributed by atoms with Gasteiger partial charge in [-0.05, 0) is 26.1 Å². The molecule has 0 aliphatic carbocycles. The Morgan fingerprint density at radius 2 is 2.31 bits per heavy atom. The maximum absolute atomic E-state index is 8.42. The quantitative estimate of drug-likeness (QED) is 0.657. The van der Waals surface area contributed by atoms with Gasteiger partial charge < -0.3 is 4.42 Å². The van der Waals surface area contributed by atoms with Crippen LogP contribution in [-0.2, 0) is 6.42 Å².